The molecule has 0 aromatic rings. The van der Waals surface area contributed by atoms with E-state index >= 15 is 0 Å². The second kappa shape index (κ2) is 6.49. The van der Waals surface area contributed by atoms with E-state index in [4.69, 9.17) is 5.73 Å². The Kier molecular flexibility index (Phi) is 5.62. The molecule has 1 fully saturated rings. The first-order valence-electron chi connectivity index (χ1n) is 6.69. The van der Waals surface area contributed by atoms with Crippen LogP contribution in [0, 0.1) is 5.41 Å². The van der Waals surface area contributed by atoms with Crippen molar-refractivity contribution in [3.05, 3.63) is 0 Å². The highest BCUT2D eigenvalue weighted by molar-refractivity contribution is 4.84. The first-order chi connectivity index (χ1) is 7.26. The summed E-state index contributed by atoms with van der Waals surface area (Å²) in [5.41, 5.74) is 6.48. The zero-order chi connectivity index (χ0) is 11.1. The lowest BCUT2D eigenvalue weighted by molar-refractivity contribution is 0.151. The van der Waals surface area contributed by atoms with Gasteiger partial charge < -0.3 is 10.6 Å². The molecule has 1 rings (SSSR count). The van der Waals surface area contributed by atoms with E-state index in [0.717, 1.165) is 6.54 Å². The van der Waals surface area contributed by atoms with Crippen molar-refractivity contribution in [2.75, 3.05) is 26.2 Å². The van der Waals surface area contributed by atoms with Crippen LogP contribution in [0.3, 0.4) is 0 Å². The first-order valence-corrected chi connectivity index (χ1v) is 6.69. The fourth-order valence-corrected chi connectivity index (χ4v) is 2.79. The molecule has 2 heteroatoms. The fourth-order valence-electron chi connectivity index (χ4n) is 2.79. The van der Waals surface area contributed by atoms with E-state index in [1.807, 2.05) is 0 Å². The van der Waals surface area contributed by atoms with Crippen molar-refractivity contribution in [2.24, 2.45) is 11.1 Å². The lowest BCUT2D eigenvalue weighted by Gasteiger charge is -2.37. The van der Waals surface area contributed by atoms with Gasteiger partial charge in [0.2, 0.25) is 0 Å². The molecule has 0 atom stereocenters. The summed E-state index contributed by atoms with van der Waals surface area (Å²) in [6, 6.07) is 0. The summed E-state index contributed by atoms with van der Waals surface area (Å²) in [6.07, 6.45) is 8.26. The van der Waals surface area contributed by atoms with Gasteiger partial charge in [-0.25, -0.2) is 0 Å². The van der Waals surface area contributed by atoms with Crippen molar-refractivity contribution in [1.82, 2.24) is 4.90 Å². The van der Waals surface area contributed by atoms with Gasteiger partial charge in [-0.1, -0.05) is 33.1 Å². The van der Waals surface area contributed by atoms with Crippen molar-refractivity contribution in [3.8, 4) is 0 Å². The van der Waals surface area contributed by atoms with Crippen LogP contribution in [0.1, 0.15) is 52.4 Å². The van der Waals surface area contributed by atoms with Gasteiger partial charge in [-0.05, 0) is 50.9 Å². The van der Waals surface area contributed by atoms with E-state index in [0.29, 0.717) is 5.41 Å². The molecule has 1 aliphatic carbocycles. The van der Waals surface area contributed by atoms with Gasteiger partial charge in [0.05, 0.1) is 0 Å². The Morgan fingerprint density at radius 3 is 2.13 bits per heavy atom. The van der Waals surface area contributed by atoms with E-state index < -0.39 is 0 Å². The van der Waals surface area contributed by atoms with Crippen LogP contribution in [0.4, 0.5) is 0 Å². The van der Waals surface area contributed by atoms with Gasteiger partial charge in [0.15, 0.2) is 0 Å². The number of rotatable bonds is 6. The number of hydrogen-bond acceptors (Lipinski definition) is 2. The Bertz CT molecular complexity index is 158. The van der Waals surface area contributed by atoms with Crippen LogP contribution in [-0.4, -0.2) is 31.1 Å². The van der Waals surface area contributed by atoms with E-state index in [2.05, 4.69) is 18.7 Å². The predicted octanol–water partition coefficient (Wildman–Crippen LogP) is 2.63. The SMILES string of the molecule is CCN(CC)CCC1(CN)CCCCC1. The molecule has 0 saturated heterocycles. The molecular weight excluding hydrogens is 184 g/mol. The van der Waals surface area contributed by atoms with Crippen molar-refractivity contribution < 1.29 is 0 Å². The standard InChI is InChI=1S/C13H28N2/c1-3-15(4-2)11-10-13(12-14)8-6-5-7-9-13/h3-12,14H2,1-2H3. The molecule has 0 bridgehead atoms. The van der Waals surface area contributed by atoms with Crippen LogP contribution in [0.5, 0.6) is 0 Å². The van der Waals surface area contributed by atoms with Crippen molar-refractivity contribution in [2.45, 2.75) is 52.4 Å². The van der Waals surface area contributed by atoms with Crippen molar-refractivity contribution in [3.63, 3.8) is 0 Å². The second-order valence-electron chi connectivity index (χ2n) is 5.04. The van der Waals surface area contributed by atoms with Crippen LogP contribution >= 0.6 is 0 Å². The Balaban J connectivity index is 2.38. The van der Waals surface area contributed by atoms with Crippen LogP contribution in [0.2, 0.25) is 0 Å². The normalized spacial score (nSPS) is 20.8. The maximum Gasteiger partial charge on any atom is -0.00132 e. The Hall–Kier alpha value is -0.0800. The number of nitrogens with zero attached hydrogens (tertiary/aromatic N) is 1. The molecule has 0 heterocycles. The number of hydrogen-bond donors (Lipinski definition) is 1. The van der Waals surface area contributed by atoms with E-state index in [1.54, 1.807) is 0 Å². The Morgan fingerprint density at radius 1 is 1.07 bits per heavy atom. The van der Waals surface area contributed by atoms with E-state index in [-0.39, 0.29) is 0 Å². The highest BCUT2D eigenvalue weighted by atomic mass is 15.1. The second-order valence-corrected chi connectivity index (χ2v) is 5.04. The topological polar surface area (TPSA) is 29.3 Å². The Labute approximate surface area is 95.2 Å². The summed E-state index contributed by atoms with van der Waals surface area (Å²) in [4.78, 5) is 2.52. The molecule has 0 amide bonds. The van der Waals surface area contributed by atoms with Gasteiger partial charge in [-0.3, -0.25) is 0 Å². The zero-order valence-corrected chi connectivity index (χ0v) is 10.6. The quantitative estimate of drug-likeness (QED) is 0.733. The molecule has 2 nitrogen and oxygen atoms in total. The Morgan fingerprint density at radius 2 is 1.67 bits per heavy atom. The number of nitrogens with two attached hydrogens (primary N) is 1. The third-order valence-corrected chi connectivity index (χ3v) is 4.20. The summed E-state index contributed by atoms with van der Waals surface area (Å²) in [5, 5.41) is 0. The molecule has 90 valence electrons. The zero-order valence-electron chi connectivity index (χ0n) is 10.6. The summed E-state index contributed by atoms with van der Waals surface area (Å²) >= 11 is 0. The molecule has 0 aromatic carbocycles. The fraction of sp³-hybridized carbons (Fsp3) is 1.00. The molecule has 0 aliphatic heterocycles. The van der Waals surface area contributed by atoms with Crippen LogP contribution in [0.25, 0.3) is 0 Å². The van der Waals surface area contributed by atoms with E-state index in [9.17, 15) is 0 Å². The monoisotopic (exact) mass is 212 g/mol. The van der Waals surface area contributed by atoms with Crippen LogP contribution in [-0.2, 0) is 0 Å². The maximum atomic E-state index is 5.99. The van der Waals surface area contributed by atoms with E-state index in [1.165, 1.54) is 58.2 Å². The molecule has 0 aromatic heterocycles. The summed E-state index contributed by atoms with van der Waals surface area (Å²) in [5.74, 6) is 0. The van der Waals surface area contributed by atoms with Gasteiger partial charge in [0, 0.05) is 0 Å². The third kappa shape index (κ3) is 3.76. The molecule has 1 saturated carbocycles. The minimum absolute atomic E-state index is 0.487. The van der Waals surface area contributed by atoms with Gasteiger partial charge >= 0.3 is 0 Å². The lowest BCUT2D eigenvalue weighted by atomic mass is 9.72. The molecule has 0 spiro atoms. The highest BCUT2D eigenvalue weighted by Gasteiger charge is 2.30. The minimum Gasteiger partial charge on any atom is -0.330 e. The molecule has 0 radical (unpaired) electrons. The van der Waals surface area contributed by atoms with Gasteiger partial charge in [-0.2, -0.15) is 0 Å². The molecule has 15 heavy (non-hydrogen) atoms. The molecule has 2 N–H and O–H groups in total. The highest BCUT2D eigenvalue weighted by Crippen LogP contribution is 2.38. The lowest BCUT2D eigenvalue weighted by Crippen LogP contribution is -2.37. The van der Waals surface area contributed by atoms with Gasteiger partial charge in [0.1, 0.15) is 0 Å². The third-order valence-electron chi connectivity index (χ3n) is 4.20. The summed E-state index contributed by atoms with van der Waals surface area (Å²) < 4.78 is 0. The average molecular weight is 212 g/mol. The van der Waals surface area contributed by atoms with Crippen LogP contribution < -0.4 is 5.73 Å². The van der Waals surface area contributed by atoms with Crippen molar-refractivity contribution >= 4 is 0 Å². The molecule has 0 unspecified atom stereocenters. The summed E-state index contributed by atoms with van der Waals surface area (Å²) in [7, 11) is 0. The maximum absolute atomic E-state index is 5.99. The van der Waals surface area contributed by atoms with Crippen molar-refractivity contribution in [1.29, 1.82) is 0 Å². The molecular formula is C13H28N2. The van der Waals surface area contributed by atoms with Gasteiger partial charge in [0.25, 0.3) is 0 Å². The minimum atomic E-state index is 0.487. The molecule has 1 aliphatic rings. The first kappa shape index (κ1) is 13.0. The van der Waals surface area contributed by atoms with Gasteiger partial charge in [-0.15, -0.1) is 0 Å². The smallest absolute Gasteiger partial charge is 0.00132 e. The largest absolute Gasteiger partial charge is 0.330 e. The van der Waals surface area contributed by atoms with Crippen LogP contribution in [0.15, 0.2) is 0 Å². The average Bonchev–Trinajstić information content (AvgIpc) is 2.31. The summed E-state index contributed by atoms with van der Waals surface area (Å²) in [6.45, 7) is 8.99. The predicted molar refractivity (Wildman–Crippen MR) is 67.0 cm³/mol.